The van der Waals surface area contributed by atoms with E-state index in [1.165, 1.54) is 25.1 Å². The lowest BCUT2D eigenvalue weighted by molar-refractivity contribution is -0.122. The van der Waals surface area contributed by atoms with Gasteiger partial charge in [-0.05, 0) is 19.1 Å². The number of carbonyl (C=O) groups is 4. The second-order valence-corrected chi connectivity index (χ2v) is 4.64. The minimum absolute atomic E-state index is 0.210. The maximum atomic E-state index is 12.1. The predicted molar refractivity (Wildman–Crippen MR) is 74.3 cm³/mol. The molecule has 0 saturated carbocycles. The van der Waals surface area contributed by atoms with Gasteiger partial charge >= 0.3 is 0 Å². The van der Waals surface area contributed by atoms with Gasteiger partial charge in [0, 0.05) is 23.8 Å². The van der Waals surface area contributed by atoms with Crippen LogP contribution in [0.15, 0.2) is 48.1 Å². The van der Waals surface area contributed by atoms with Crippen molar-refractivity contribution >= 4 is 35.0 Å². The Kier molecular flexibility index (Phi) is 2.79. The van der Waals surface area contributed by atoms with E-state index in [-0.39, 0.29) is 11.4 Å². The summed E-state index contributed by atoms with van der Waals surface area (Å²) in [5.74, 6) is -1.95. The average molecular weight is 282 g/mol. The first-order valence-electron chi connectivity index (χ1n) is 6.22. The SMILES string of the molecule is CC1=CC(=O)N(c2ccccc2N2C(=O)C=CC2=O)C1=O. The molecule has 1 aromatic carbocycles. The maximum Gasteiger partial charge on any atom is 0.261 e. The second-order valence-electron chi connectivity index (χ2n) is 4.64. The quantitative estimate of drug-likeness (QED) is 0.756. The molecule has 104 valence electrons. The van der Waals surface area contributed by atoms with E-state index in [4.69, 9.17) is 0 Å². The lowest BCUT2D eigenvalue weighted by Crippen LogP contribution is -2.35. The Balaban J connectivity index is 2.10. The molecule has 3 rings (SSSR count). The van der Waals surface area contributed by atoms with Crippen LogP contribution in [0.2, 0.25) is 0 Å². The number of hydrogen-bond donors (Lipinski definition) is 0. The highest BCUT2D eigenvalue weighted by molar-refractivity contribution is 6.34. The molecular formula is C15H10N2O4. The Bertz CT molecular complexity index is 743. The zero-order chi connectivity index (χ0) is 15.1. The number of amides is 4. The van der Waals surface area contributed by atoms with E-state index < -0.39 is 23.6 Å². The summed E-state index contributed by atoms with van der Waals surface area (Å²) >= 11 is 0. The molecule has 6 nitrogen and oxygen atoms in total. The highest BCUT2D eigenvalue weighted by Crippen LogP contribution is 2.34. The fourth-order valence-corrected chi connectivity index (χ4v) is 2.30. The molecule has 0 spiro atoms. The van der Waals surface area contributed by atoms with E-state index in [9.17, 15) is 19.2 Å². The highest BCUT2D eigenvalue weighted by atomic mass is 16.2. The van der Waals surface area contributed by atoms with Gasteiger partial charge < -0.3 is 0 Å². The summed E-state index contributed by atoms with van der Waals surface area (Å²) in [5, 5.41) is 0. The topological polar surface area (TPSA) is 74.8 Å². The van der Waals surface area contributed by atoms with Crippen molar-refractivity contribution in [1.82, 2.24) is 0 Å². The molecule has 6 heteroatoms. The van der Waals surface area contributed by atoms with Gasteiger partial charge in [0.15, 0.2) is 0 Å². The molecule has 4 amide bonds. The third kappa shape index (κ3) is 1.88. The molecule has 0 N–H and O–H groups in total. The summed E-state index contributed by atoms with van der Waals surface area (Å²) in [6.07, 6.45) is 3.53. The lowest BCUT2D eigenvalue weighted by Gasteiger charge is -2.22. The Morgan fingerprint density at radius 1 is 0.762 bits per heavy atom. The Morgan fingerprint density at radius 2 is 1.29 bits per heavy atom. The molecule has 0 saturated heterocycles. The first kappa shape index (κ1) is 13.0. The van der Waals surface area contributed by atoms with Crippen molar-refractivity contribution in [3.8, 4) is 0 Å². The molecule has 2 aliphatic rings. The Labute approximate surface area is 119 Å². The standard InChI is InChI=1S/C15H10N2O4/c1-9-8-14(20)17(15(9)21)11-5-3-2-4-10(11)16-12(18)6-7-13(16)19/h2-8H,1H3. The minimum atomic E-state index is -0.503. The number of nitrogens with zero attached hydrogens (tertiary/aromatic N) is 2. The first-order chi connectivity index (χ1) is 10.0. The van der Waals surface area contributed by atoms with Crippen LogP contribution in [0.1, 0.15) is 6.92 Å². The summed E-state index contributed by atoms with van der Waals surface area (Å²) in [4.78, 5) is 49.5. The van der Waals surface area contributed by atoms with Crippen LogP contribution in [-0.2, 0) is 19.2 Å². The molecule has 0 aliphatic carbocycles. The van der Waals surface area contributed by atoms with E-state index in [1.54, 1.807) is 12.1 Å². The second kappa shape index (κ2) is 4.52. The van der Waals surface area contributed by atoms with Crippen molar-refractivity contribution in [2.24, 2.45) is 0 Å². The number of benzene rings is 1. The summed E-state index contributed by atoms with van der Waals surface area (Å²) < 4.78 is 0. The highest BCUT2D eigenvalue weighted by Gasteiger charge is 2.35. The first-order valence-corrected chi connectivity index (χ1v) is 6.22. The van der Waals surface area contributed by atoms with Crippen LogP contribution in [0.3, 0.4) is 0 Å². The van der Waals surface area contributed by atoms with Crippen LogP contribution in [0.25, 0.3) is 0 Å². The van der Waals surface area contributed by atoms with Crippen molar-refractivity contribution in [3.05, 3.63) is 48.1 Å². The molecule has 0 fully saturated rings. The zero-order valence-electron chi connectivity index (χ0n) is 11.1. The number of carbonyl (C=O) groups excluding carboxylic acids is 4. The lowest BCUT2D eigenvalue weighted by atomic mass is 10.2. The van der Waals surface area contributed by atoms with Gasteiger partial charge in [-0.3, -0.25) is 19.2 Å². The largest absolute Gasteiger partial charge is 0.269 e. The Hall–Kier alpha value is -3.02. The summed E-state index contributed by atoms with van der Waals surface area (Å²) in [5.41, 5.74) is 0.736. The smallest absolute Gasteiger partial charge is 0.261 e. The third-order valence-electron chi connectivity index (χ3n) is 3.27. The van der Waals surface area contributed by atoms with Crippen molar-refractivity contribution in [1.29, 1.82) is 0 Å². The third-order valence-corrected chi connectivity index (χ3v) is 3.27. The molecule has 1 aromatic rings. The molecular weight excluding hydrogens is 272 g/mol. The van der Waals surface area contributed by atoms with E-state index in [1.807, 2.05) is 0 Å². The van der Waals surface area contributed by atoms with Gasteiger partial charge in [0.2, 0.25) is 0 Å². The van der Waals surface area contributed by atoms with E-state index in [0.717, 1.165) is 22.0 Å². The van der Waals surface area contributed by atoms with E-state index >= 15 is 0 Å². The predicted octanol–water partition coefficient (Wildman–Crippen LogP) is 0.935. The van der Waals surface area contributed by atoms with Gasteiger partial charge in [-0.25, -0.2) is 9.80 Å². The van der Waals surface area contributed by atoms with E-state index in [0.29, 0.717) is 5.57 Å². The molecule has 0 atom stereocenters. The molecule has 0 aromatic heterocycles. The fraction of sp³-hybridized carbons (Fsp3) is 0.0667. The van der Waals surface area contributed by atoms with Gasteiger partial charge in [0.05, 0.1) is 11.4 Å². The monoisotopic (exact) mass is 282 g/mol. The fourth-order valence-electron chi connectivity index (χ4n) is 2.30. The average Bonchev–Trinajstić information content (AvgIpc) is 2.90. The number of anilines is 2. The van der Waals surface area contributed by atoms with Crippen LogP contribution in [-0.4, -0.2) is 23.6 Å². The molecule has 2 heterocycles. The van der Waals surface area contributed by atoms with Gasteiger partial charge in [-0.1, -0.05) is 12.1 Å². The maximum absolute atomic E-state index is 12.1. The van der Waals surface area contributed by atoms with Crippen LogP contribution < -0.4 is 9.80 Å². The molecule has 0 bridgehead atoms. The number of imide groups is 2. The summed E-state index contributed by atoms with van der Waals surface area (Å²) in [6.45, 7) is 1.54. The van der Waals surface area contributed by atoms with Gasteiger partial charge in [0.25, 0.3) is 23.6 Å². The van der Waals surface area contributed by atoms with Crippen molar-refractivity contribution in [2.45, 2.75) is 6.92 Å². The van der Waals surface area contributed by atoms with Crippen LogP contribution >= 0.6 is 0 Å². The van der Waals surface area contributed by atoms with Crippen molar-refractivity contribution in [2.75, 3.05) is 9.80 Å². The Morgan fingerprint density at radius 3 is 1.76 bits per heavy atom. The summed E-state index contributed by atoms with van der Waals surface area (Å²) in [7, 11) is 0. The van der Waals surface area contributed by atoms with Gasteiger partial charge in [-0.2, -0.15) is 0 Å². The van der Waals surface area contributed by atoms with Crippen LogP contribution in [0.5, 0.6) is 0 Å². The van der Waals surface area contributed by atoms with Gasteiger partial charge in [0.1, 0.15) is 0 Å². The van der Waals surface area contributed by atoms with Crippen molar-refractivity contribution < 1.29 is 19.2 Å². The van der Waals surface area contributed by atoms with Crippen molar-refractivity contribution in [3.63, 3.8) is 0 Å². The molecule has 2 aliphatic heterocycles. The summed E-state index contributed by atoms with van der Waals surface area (Å²) in [6, 6.07) is 6.30. The number of rotatable bonds is 2. The number of para-hydroxylation sites is 2. The molecule has 0 radical (unpaired) electrons. The van der Waals surface area contributed by atoms with Crippen LogP contribution in [0.4, 0.5) is 11.4 Å². The van der Waals surface area contributed by atoms with Gasteiger partial charge in [-0.15, -0.1) is 0 Å². The minimum Gasteiger partial charge on any atom is -0.269 e. The zero-order valence-corrected chi connectivity index (χ0v) is 11.1. The van der Waals surface area contributed by atoms with E-state index in [2.05, 4.69) is 0 Å². The number of hydrogen-bond acceptors (Lipinski definition) is 4. The molecule has 0 unspecified atom stereocenters. The molecule has 21 heavy (non-hydrogen) atoms. The normalized spacial score (nSPS) is 18.0. The van der Waals surface area contributed by atoms with Crippen LogP contribution in [0, 0.1) is 0 Å².